The first-order chi connectivity index (χ1) is 24.3. The van der Waals surface area contributed by atoms with E-state index in [1.807, 2.05) is 84.9 Å². The van der Waals surface area contributed by atoms with E-state index in [2.05, 4.69) is 15.2 Å². The van der Waals surface area contributed by atoms with Gasteiger partial charge in [0.05, 0.1) is 5.52 Å². The Labute approximate surface area is 298 Å². The monoisotopic (exact) mass is 710 g/mol. The zero-order chi connectivity index (χ0) is 34.8. The number of thioether (sulfide) groups is 1. The third-order valence-corrected chi connectivity index (χ3v) is 10.9. The highest BCUT2D eigenvalue weighted by Crippen LogP contribution is 2.42. The van der Waals surface area contributed by atoms with Crippen LogP contribution in [0.15, 0.2) is 102 Å². The maximum atomic E-state index is 14.0. The van der Waals surface area contributed by atoms with Crippen LogP contribution < -0.4 is 10.2 Å². The molecule has 7 rings (SSSR count). The van der Waals surface area contributed by atoms with E-state index >= 15 is 0 Å². The molecule has 10 nitrogen and oxygen atoms in total. The van der Waals surface area contributed by atoms with Gasteiger partial charge < -0.3 is 19.7 Å². The van der Waals surface area contributed by atoms with Crippen molar-refractivity contribution in [3.05, 3.63) is 119 Å². The highest BCUT2D eigenvalue weighted by atomic mass is 35.5. The molecule has 3 aromatic carbocycles. The summed E-state index contributed by atoms with van der Waals surface area (Å²) in [6.45, 7) is 2.48. The number of carbonyl (C=O) groups is 4. The van der Waals surface area contributed by atoms with Gasteiger partial charge in [-0.05, 0) is 48.2 Å². The molecule has 12 heteroatoms. The molecule has 1 N–H and O–H groups in total. The van der Waals surface area contributed by atoms with E-state index in [9.17, 15) is 19.2 Å². The zero-order valence-corrected chi connectivity index (χ0v) is 28.9. The summed E-state index contributed by atoms with van der Waals surface area (Å²) in [5, 5.41) is 4.12. The number of carbonyl (C=O) groups excluding carboxylic acids is 4. The third kappa shape index (κ3) is 6.80. The van der Waals surface area contributed by atoms with Gasteiger partial charge in [0.15, 0.2) is 6.10 Å². The highest BCUT2D eigenvalue weighted by Gasteiger charge is 2.55. The van der Waals surface area contributed by atoms with Crippen LogP contribution in [-0.4, -0.2) is 70.5 Å². The fourth-order valence-electron chi connectivity index (χ4n) is 6.75. The Balaban J connectivity index is 1.05. The lowest BCUT2D eigenvalue weighted by molar-refractivity contribution is -0.155. The van der Waals surface area contributed by atoms with Crippen LogP contribution in [0.2, 0.25) is 5.02 Å². The summed E-state index contributed by atoms with van der Waals surface area (Å²) < 4.78 is 11.4. The molecular formula is C38H35ClN4O6S. The molecule has 2 saturated heterocycles. The summed E-state index contributed by atoms with van der Waals surface area (Å²) in [5.41, 5.74) is 3.93. The number of anilines is 1. The minimum atomic E-state index is -0.795. The molecule has 1 aromatic heterocycles. The summed E-state index contributed by atoms with van der Waals surface area (Å²) in [7, 11) is 0. The molecule has 2 unspecified atom stereocenters. The van der Waals surface area contributed by atoms with E-state index in [4.69, 9.17) is 21.1 Å². The van der Waals surface area contributed by atoms with E-state index in [0.29, 0.717) is 42.3 Å². The van der Waals surface area contributed by atoms with Crippen molar-refractivity contribution in [2.75, 3.05) is 30.3 Å². The molecule has 3 aliphatic rings. The first-order valence-electron chi connectivity index (χ1n) is 16.5. The molecule has 0 spiro atoms. The van der Waals surface area contributed by atoms with Crippen LogP contribution in [-0.2, 0) is 28.7 Å². The maximum Gasteiger partial charge on any atom is 0.356 e. The third-order valence-electron chi connectivity index (χ3n) is 9.31. The average Bonchev–Trinajstić information content (AvgIpc) is 3.14. The Morgan fingerprint density at radius 3 is 2.32 bits per heavy atom. The number of amides is 2. The molecule has 0 aliphatic carbocycles. The number of ether oxygens (including phenoxy) is 2. The van der Waals surface area contributed by atoms with Crippen LogP contribution in [0.3, 0.4) is 0 Å². The van der Waals surface area contributed by atoms with E-state index < -0.39 is 35.4 Å². The van der Waals surface area contributed by atoms with Crippen LogP contribution in [0.1, 0.15) is 37.0 Å². The number of fused-ring (bicyclic) bond motifs is 2. The molecule has 4 heterocycles. The highest BCUT2D eigenvalue weighted by molar-refractivity contribution is 8.00. The number of halogens is 1. The lowest BCUT2D eigenvalue weighted by Crippen LogP contribution is -2.71. The van der Waals surface area contributed by atoms with Crippen LogP contribution in [0.25, 0.3) is 10.9 Å². The van der Waals surface area contributed by atoms with Gasteiger partial charge in [-0.3, -0.25) is 24.3 Å². The van der Waals surface area contributed by atoms with Crippen LogP contribution in [0.4, 0.5) is 5.69 Å². The molecule has 0 radical (unpaired) electrons. The first-order valence-corrected chi connectivity index (χ1v) is 17.9. The summed E-state index contributed by atoms with van der Waals surface area (Å²) in [6.07, 6.45) is 2.27. The summed E-state index contributed by atoms with van der Waals surface area (Å²) >= 11 is 7.59. The normalized spacial score (nSPS) is 19.2. The minimum absolute atomic E-state index is 0.0570. The van der Waals surface area contributed by atoms with E-state index in [-0.39, 0.29) is 24.1 Å². The van der Waals surface area contributed by atoms with Crippen LogP contribution >= 0.6 is 23.4 Å². The van der Waals surface area contributed by atoms with Crippen molar-refractivity contribution in [1.82, 2.24) is 15.2 Å². The second kappa shape index (κ2) is 14.5. The van der Waals surface area contributed by atoms with Crippen molar-refractivity contribution in [3.8, 4) is 0 Å². The SMILES string of the molecule is CC(=O)OCC1=C(C(=O)OC(c2ccccc2)c2ccccc2)N2C(=O)C(NC(=O)C3CCN(c4ccnc5cc(Cl)ccc45)CC3)C2SC1. The number of nitrogens with one attached hydrogen (secondary N) is 1. The number of piperidine rings is 1. The fourth-order valence-corrected chi connectivity index (χ4v) is 8.25. The van der Waals surface area contributed by atoms with E-state index in [1.165, 1.54) is 23.6 Å². The molecule has 2 fully saturated rings. The molecule has 50 heavy (non-hydrogen) atoms. The summed E-state index contributed by atoms with van der Waals surface area (Å²) in [6, 6.07) is 25.6. The van der Waals surface area contributed by atoms with Gasteiger partial charge >= 0.3 is 11.9 Å². The van der Waals surface area contributed by atoms with Gasteiger partial charge in [0.1, 0.15) is 23.7 Å². The number of pyridine rings is 1. The lowest BCUT2D eigenvalue weighted by Gasteiger charge is -2.50. The second-order valence-corrected chi connectivity index (χ2v) is 14.0. The van der Waals surface area contributed by atoms with Crippen molar-refractivity contribution in [2.45, 2.75) is 37.3 Å². The quantitative estimate of drug-likeness (QED) is 0.174. The molecule has 2 amide bonds. The number of β-lactam (4-membered cyclic amide) rings is 1. The largest absolute Gasteiger partial charge is 0.461 e. The maximum absolute atomic E-state index is 14.0. The van der Waals surface area contributed by atoms with Crippen molar-refractivity contribution in [2.24, 2.45) is 5.92 Å². The topological polar surface area (TPSA) is 118 Å². The molecule has 256 valence electrons. The predicted molar refractivity (Wildman–Crippen MR) is 191 cm³/mol. The Bertz CT molecular complexity index is 1930. The summed E-state index contributed by atoms with van der Waals surface area (Å²) in [4.78, 5) is 61.1. The second-order valence-electron chi connectivity index (χ2n) is 12.5. The first kappa shape index (κ1) is 33.6. The van der Waals surface area contributed by atoms with Crippen molar-refractivity contribution in [3.63, 3.8) is 0 Å². The average molecular weight is 711 g/mol. The zero-order valence-electron chi connectivity index (χ0n) is 27.3. The standard InChI is InChI=1S/C38H35ClN4O6S/c1-23(44)48-21-27-22-50-37-32(41-35(45)26-15-18-42(19-16-26)31-14-17-40-30-20-28(39)12-13-29(30)31)36(46)43(37)33(27)38(47)49-34(24-8-4-2-5-9-24)25-10-6-3-7-11-25/h2-14,17,20,26,32,34,37H,15-16,18-19,21-22H2,1H3,(H,41,45). The van der Waals surface area contributed by atoms with Crippen molar-refractivity contribution >= 4 is 63.7 Å². The Morgan fingerprint density at radius 1 is 0.980 bits per heavy atom. The van der Waals surface area contributed by atoms with Crippen molar-refractivity contribution < 1.29 is 28.7 Å². The van der Waals surface area contributed by atoms with Gasteiger partial charge in [-0.15, -0.1) is 11.8 Å². The molecule has 0 bridgehead atoms. The number of aromatic nitrogens is 1. The van der Waals surface area contributed by atoms with Gasteiger partial charge in [0.2, 0.25) is 5.91 Å². The van der Waals surface area contributed by atoms with Crippen LogP contribution in [0, 0.1) is 5.92 Å². The number of rotatable bonds is 9. The number of esters is 2. The number of benzene rings is 3. The van der Waals surface area contributed by atoms with Crippen molar-refractivity contribution in [1.29, 1.82) is 0 Å². The lowest BCUT2D eigenvalue weighted by atomic mass is 9.94. The van der Waals surface area contributed by atoms with Crippen LogP contribution in [0.5, 0.6) is 0 Å². The summed E-state index contributed by atoms with van der Waals surface area (Å²) in [5.74, 6) is -1.73. The van der Waals surface area contributed by atoms with Gasteiger partial charge in [-0.2, -0.15) is 0 Å². The molecular weight excluding hydrogens is 676 g/mol. The van der Waals surface area contributed by atoms with Gasteiger partial charge in [-0.1, -0.05) is 72.3 Å². The molecule has 0 saturated carbocycles. The Kier molecular flexibility index (Phi) is 9.78. The fraction of sp³-hybridized carbons (Fsp3) is 0.289. The van der Waals surface area contributed by atoms with Gasteiger partial charge in [0.25, 0.3) is 5.91 Å². The molecule has 4 aromatic rings. The van der Waals surface area contributed by atoms with E-state index in [0.717, 1.165) is 27.7 Å². The van der Waals surface area contributed by atoms with E-state index in [1.54, 1.807) is 6.20 Å². The smallest absolute Gasteiger partial charge is 0.356 e. The van der Waals surface area contributed by atoms with Gasteiger partial charge in [0, 0.05) is 59.6 Å². The van der Waals surface area contributed by atoms with Gasteiger partial charge in [-0.25, -0.2) is 4.79 Å². The Morgan fingerprint density at radius 2 is 1.66 bits per heavy atom. The molecule has 2 atom stereocenters. The minimum Gasteiger partial charge on any atom is -0.461 e. The Hall–Kier alpha value is -4.87. The number of hydrogen-bond donors (Lipinski definition) is 1. The number of hydrogen-bond acceptors (Lipinski definition) is 9. The number of nitrogens with zero attached hydrogens (tertiary/aromatic N) is 3. The predicted octanol–water partition coefficient (Wildman–Crippen LogP) is 5.65. The molecule has 3 aliphatic heterocycles.